The number of hydrogen-bond acceptors (Lipinski definition) is 3. The number of piperazine rings is 1. The molecule has 3 nitrogen and oxygen atoms in total. The van der Waals surface area contributed by atoms with Gasteiger partial charge >= 0.3 is 0 Å². The summed E-state index contributed by atoms with van der Waals surface area (Å²) in [5.41, 5.74) is 0. The molecule has 1 atom stereocenters. The highest BCUT2D eigenvalue weighted by atomic mass is 16.3. The number of nitrogens with zero attached hydrogens (tertiary/aromatic N) is 1. The summed E-state index contributed by atoms with van der Waals surface area (Å²) in [4.78, 5) is 1.72. The van der Waals surface area contributed by atoms with Gasteiger partial charge in [-0.15, -0.1) is 0 Å². The second-order valence-corrected chi connectivity index (χ2v) is 2.33. The molecular formula is C5H11BN2O. The predicted molar refractivity (Wildman–Crippen MR) is 36.2 cm³/mol. The number of aliphatic hydroxyl groups is 1. The molecule has 2 radical (unpaired) electrons. The number of hydrogen-bond donors (Lipinski definition) is 2. The molecule has 2 N–H and O–H groups in total. The molecule has 0 aromatic rings. The lowest BCUT2D eigenvalue weighted by Crippen LogP contribution is -2.51. The third-order valence-electron chi connectivity index (χ3n) is 1.51. The normalized spacial score (nSPS) is 30.6. The Kier molecular flexibility index (Phi) is 2.51. The molecule has 1 aliphatic heterocycles. The van der Waals surface area contributed by atoms with E-state index >= 15 is 0 Å². The second kappa shape index (κ2) is 3.20. The molecule has 0 spiro atoms. The molecule has 1 heterocycles. The summed E-state index contributed by atoms with van der Waals surface area (Å²) < 4.78 is 0. The zero-order valence-electron chi connectivity index (χ0n) is 5.38. The fourth-order valence-electron chi connectivity index (χ4n) is 0.973. The van der Waals surface area contributed by atoms with Gasteiger partial charge in [-0.05, 0) is 6.54 Å². The Labute approximate surface area is 56.5 Å². The van der Waals surface area contributed by atoms with E-state index in [2.05, 4.69) is 5.32 Å². The Bertz CT molecular complexity index is 91.0. The molecule has 0 bridgehead atoms. The van der Waals surface area contributed by atoms with Gasteiger partial charge in [0.1, 0.15) is 0 Å². The largest absolute Gasteiger partial charge is 0.395 e. The van der Waals surface area contributed by atoms with E-state index in [4.69, 9.17) is 13.1 Å². The zero-order chi connectivity index (χ0) is 6.69. The smallest absolute Gasteiger partial charge is 0.182 e. The van der Waals surface area contributed by atoms with Crippen LogP contribution >= 0.6 is 0 Å². The molecule has 1 unspecified atom stereocenters. The minimum atomic E-state index is 0.170. The van der Waals surface area contributed by atoms with Gasteiger partial charge in [-0.1, -0.05) is 0 Å². The fraction of sp³-hybridized carbons (Fsp3) is 1.00. The summed E-state index contributed by atoms with van der Waals surface area (Å²) in [6, 6.07) is 0.170. The maximum absolute atomic E-state index is 8.66. The molecule has 0 aromatic carbocycles. The molecule has 0 amide bonds. The van der Waals surface area contributed by atoms with E-state index in [1.807, 2.05) is 0 Å². The molecule has 1 rings (SSSR count). The van der Waals surface area contributed by atoms with Crippen molar-refractivity contribution in [2.24, 2.45) is 0 Å². The first-order valence-electron chi connectivity index (χ1n) is 3.17. The Morgan fingerprint density at radius 1 is 1.78 bits per heavy atom. The van der Waals surface area contributed by atoms with Gasteiger partial charge in [0.15, 0.2) is 7.98 Å². The van der Waals surface area contributed by atoms with E-state index in [9.17, 15) is 0 Å². The average molecular weight is 126 g/mol. The first-order chi connectivity index (χ1) is 4.33. The summed E-state index contributed by atoms with van der Waals surface area (Å²) in [5.74, 6) is 0. The van der Waals surface area contributed by atoms with E-state index < -0.39 is 0 Å². The molecule has 1 aliphatic rings. The van der Waals surface area contributed by atoms with Crippen molar-refractivity contribution in [1.29, 1.82) is 0 Å². The van der Waals surface area contributed by atoms with Crippen LogP contribution in [-0.2, 0) is 0 Å². The number of rotatable bonds is 1. The minimum Gasteiger partial charge on any atom is -0.395 e. The van der Waals surface area contributed by atoms with Crippen LogP contribution in [-0.4, -0.2) is 50.2 Å². The Balaban J connectivity index is 2.23. The third kappa shape index (κ3) is 1.97. The molecule has 1 saturated heterocycles. The van der Waals surface area contributed by atoms with Crippen molar-refractivity contribution < 1.29 is 5.11 Å². The van der Waals surface area contributed by atoms with Crippen LogP contribution in [0.2, 0.25) is 0 Å². The predicted octanol–water partition coefficient (Wildman–Crippen LogP) is -1.66. The number of aliphatic hydroxyl groups excluding tert-OH is 1. The summed E-state index contributed by atoms with van der Waals surface area (Å²) in [6.07, 6.45) is 0. The van der Waals surface area contributed by atoms with Crippen molar-refractivity contribution in [2.45, 2.75) is 6.04 Å². The van der Waals surface area contributed by atoms with Gasteiger partial charge < -0.3 is 15.2 Å². The van der Waals surface area contributed by atoms with Gasteiger partial charge in [-0.3, -0.25) is 0 Å². The van der Waals surface area contributed by atoms with Gasteiger partial charge in [0.2, 0.25) is 0 Å². The molecule has 0 saturated carbocycles. The first kappa shape index (κ1) is 7.06. The quantitative estimate of drug-likeness (QED) is 0.412. The maximum atomic E-state index is 8.66. The second-order valence-electron chi connectivity index (χ2n) is 2.33. The van der Waals surface area contributed by atoms with E-state index in [1.54, 1.807) is 4.81 Å². The van der Waals surface area contributed by atoms with Crippen LogP contribution in [0.3, 0.4) is 0 Å². The van der Waals surface area contributed by atoms with E-state index in [-0.39, 0.29) is 12.6 Å². The maximum Gasteiger partial charge on any atom is 0.182 e. The number of nitrogens with one attached hydrogen (secondary N) is 1. The average Bonchev–Trinajstić information content (AvgIpc) is 1.88. The van der Waals surface area contributed by atoms with Crippen LogP contribution in [0, 0.1) is 0 Å². The van der Waals surface area contributed by atoms with Crippen molar-refractivity contribution in [2.75, 3.05) is 26.2 Å². The molecule has 9 heavy (non-hydrogen) atoms. The molecule has 50 valence electrons. The standard InChI is InChI=1S/C5H11BN2O/c6-8-2-1-7-5(3-8)4-9/h5,7,9H,1-4H2. The summed E-state index contributed by atoms with van der Waals surface area (Å²) in [6.45, 7) is 2.67. The highest BCUT2D eigenvalue weighted by Gasteiger charge is 2.13. The topological polar surface area (TPSA) is 35.5 Å². The minimum absolute atomic E-state index is 0.170. The Morgan fingerprint density at radius 2 is 2.56 bits per heavy atom. The monoisotopic (exact) mass is 126 g/mol. The molecule has 4 heteroatoms. The van der Waals surface area contributed by atoms with Crippen LogP contribution in [0.5, 0.6) is 0 Å². The van der Waals surface area contributed by atoms with Gasteiger partial charge in [0.25, 0.3) is 0 Å². The van der Waals surface area contributed by atoms with E-state index in [0.717, 1.165) is 19.6 Å². The van der Waals surface area contributed by atoms with Crippen molar-refractivity contribution >= 4 is 7.98 Å². The molecule has 0 aliphatic carbocycles. The summed E-state index contributed by atoms with van der Waals surface area (Å²) in [5, 5.41) is 11.8. The van der Waals surface area contributed by atoms with Crippen LogP contribution in [0.1, 0.15) is 0 Å². The SMILES string of the molecule is [B]N1CCNC(CO)C1. The summed E-state index contributed by atoms with van der Waals surface area (Å²) >= 11 is 0. The van der Waals surface area contributed by atoms with Gasteiger partial charge in [-0.2, -0.15) is 0 Å². The van der Waals surface area contributed by atoms with E-state index in [1.165, 1.54) is 0 Å². The van der Waals surface area contributed by atoms with Crippen molar-refractivity contribution in [3.63, 3.8) is 0 Å². The lowest BCUT2D eigenvalue weighted by Gasteiger charge is -2.29. The van der Waals surface area contributed by atoms with Crippen LogP contribution in [0.15, 0.2) is 0 Å². The van der Waals surface area contributed by atoms with Gasteiger partial charge in [0, 0.05) is 19.1 Å². The van der Waals surface area contributed by atoms with Crippen molar-refractivity contribution in [1.82, 2.24) is 10.1 Å². The third-order valence-corrected chi connectivity index (χ3v) is 1.51. The van der Waals surface area contributed by atoms with Crippen LogP contribution in [0.4, 0.5) is 0 Å². The Morgan fingerprint density at radius 3 is 3.00 bits per heavy atom. The fourth-order valence-corrected chi connectivity index (χ4v) is 0.973. The van der Waals surface area contributed by atoms with Gasteiger partial charge in [0.05, 0.1) is 6.61 Å². The van der Waals surface area contributed by atoms with Crippen molar-refractivity contribution in [3.8, 4) is 0 Å². The summed E-state index contributed by atoms with van der Waals surface area (Å²) in [7, 11) is 5.48. The molecule has 0 aromatic heterocycles. The highest BCUT2D eigenvalue weighted by Crippen LogP contribution is 1.92. The first-order valence-corrected chi connectivity index (χ1v) is 3.17. The molecule has 1 fully saturated rings. The lowest BCUT2D eigenvalue weighted by atomic mass is 10.1. The van der Waals surface area contributed by atoms with Crippen LogP contribution < -0.4 is 5.32 Å². The lowest BCUT2D eigenvalue weighted by molar-refractivity contribution is 0.197. The van der Waals surface area contributed by atoms with E-state index in [0.29, 0.717) is 0 Å². The zero-order valence-corrected chi connectivity index (χ0v) is 5.38. The molecular weight excluding hydrogens is 115 g/mol. The van der Waals surface area contributed by atoms with Crippen LogP contribution in [0.25, 0.3) is 0 Å². The van der Waals surface area contributed by atoms with Gasteiger partial charge in [-0.25, -0.2) is 0 Å². The van der Waals surface area contributed by atoms with Crippen molar-refractivity contribution in [3.05, 3.63) is 0 Å². The highest BCUT2D eigenvalue weighted by molar-refractivity contribution is 6.04. The Hall–Kier alpha value is -0.0551.